The van der Waals surface area contributed by atoms with Crippen molar-refractivity contribution in [1.82, 2.24) is 9.78 Å². The van der Waals surface area contributed by atoms with Gasteiger partial charge >= 0.3 is 6.03 Å². The maximum Gasteiger partial charge on any atom is 0.324 e. The lowest BCUT2D eigenvalue weighted by Gasteiger charge is -2.06. The Morgan fingerprint density at radius 2 is 1.73 bits per heavy atom. The summed E-state index contributed by atoms with van der Waals surface area (Å²) in [6, 6.07) is 11.7. The number of benzene rings is 2. The molecule has 2 N–H and O–H groups in total. The van der Waals surface area contributed by atoms with Crippen LogP contribution in [0.3, 0.4) is 0 Å². The van der Waals surface area contributed by atoms with Gasteiger partial charge in [-0.1, -0.05) is 40.9 Å². The van der Waals surface area contributed by atoms with Gasteiger partial charge in [-0.25, -0.2) is 4.79 Å². The van der Waals surface area contributed by atoms with Crippen molar-refractivity contribution in [3.8, 4) is 0 Å². The fourth-order valence-corrected chi connectivity index (χ4v) is 3.20. The molecule has 0 aliphatic heterocycles. The van der Waals surface area contributed by atoms with Gasteiger partial charge in [-0.15, -0.1) is 0 Å². The predicted octanol–water partition coefficient (Wildman–Crippen LogP) is 6.30. The summed E-state index contributed by atoms with van der Waals surface area (Å²) in [5.74, 6) is 0.390. The van der Waals surface area contributed by atoms with E-state index in [-0.39, 0.29) is 0 Å². The van der Waals surface area contributed by atoms with Crippen LogP contribution >= 0.6 is 50.7 Å². The van der Waals surface area contributed by atoms with Crippen molar-refractivity contribution in [2.75, 3.05) is 10.6 Å². The molecule has 0 aliphatic rings. The molecule has 0 saturated carbocycles. The molecule has 3 rings (SSSR count). The fraction of sp³-hybridized carbons (Fsp3) is 0.0588. The number of hydrogen-bond acceptors (Lipinski definition) is 2. The van der Waals surface area contributed by atoms with Gasteiger partial charge in [-0.05, 0) is 57.9 Å². The van der Waals surface area contributed by atoms with Crippen LogP contribution in [0.1, 0.15) is 5.56 Å². The molecule has 5 nitrogen and oxygen atoms in total. The molecule has 26 heavy (non-hydrogen) atoms. The molecule has 0 saturated heterocycles. The number of carbonyl (C=O) groups excluding carboxylic acids is 1. The third-order valence-corrected chi connectivity index (χ3v) is 4.82. The van der Waals surface area contributed by atoms with E-state index in [0.717, 1.165) is 5.56 Å². The van der Waals surface area contributed by atoms with Gasteiger partial charge in [0.05, 0.1) is 11.0 Å². The lowest BCUT2D eigenvalue weighted by Crippen LogP contribution is -2.20. The fourth-order valence-electron chi connectivity index (χ4n) is 2.19. The van der Waals surface area contributed by atoms with Crippen molar-refractivity contribution in [3.05, 3.63) is 73.8 Å². The molecule has 0 spiro atoms. The summed E-state index contributed by atoms with van der Waals surface area (Å²) < 4.78 is 2.31. The third-order valence-electron chi connectivity index (χ3n) is 3.40. The van der Waals surface area contributed by atoms with Crippen molar-refractivity contribution in [3.63, 3.8) is 0 Å². The predicted molar refractivity (Wildman–Crippen MR) is 110 cm³/mol. The SMILES string of the molecule is O=C(Nc1ccc(Cl)cc1)Nc1nn(Cc2ccc(Cl)cc2Cl)cc1Br. The summed E-state index contributed by atoms with van der Waals surface area (Å²) in [6.45, 7) is 0.440. The molecule has 1 aromatic heterocycles. The summed E-state index contributed by atoms with van der Waals surface area (Å²) >= 11 is 21.3. The van der Waals surface area contributed by atoms with Gasteiger partial charge in [-0.3, -0.25) is 10.00 Å². The summed E-state index contributed by atoms with van der Waals surface area (Å²) in [5, 5.41) is 11.5. The Bertz CT molecular complexity index is 944. The number of amides is 2. The maximum absolute atomic E-state index is 12.1. The lowest BCUT2D eigenvalue weighted by molar-refractivity contribution is 0.262. The van der Waals surface area contributed by atoms with E-state index in [4.69, 9.17) is 34.8 Å². The minimum absolute atomic E-state index is 0.390. The largest absolute Gasteiger partial charge is 0.324 e. The van der Waals surface area contributed by atoms with E-state index in [1.54, 1.807) is 47.3 Å². The van der Waals surface area contributed by atoms with Gasteiger partial charge in [0.25, 0.3) is 0 Å². The Balaban J connectivity index is 1.67. The minimum Gasteiger partial charge on any atom is -0.308 e. The monoisotopic (exact) mass is 472 g/mol. The lowest BCUT2D eigenvalue weighted by atomic mass is 10.2. The number of rotatable bonds is 4. The van der Waals surface area contributed by atoms with Gasteiger partial charge in [-0.2, -0.15) is 5.10 Å². The number of urea groups is 1. The molecule has 0 aliphatic carbocycles. The summed E-state index contributed by atoms with van der Waals surface area (Å²) in [4.78, 5) is 12.1. The van der Waals surface area contributed by atoms with Gasteiger partial charge < -0.3 is 5.32 Å². The second-order valence-corrected chi connectivity index (χ2v) is 7.48. The number of anilines is 2. The highest BCUT2D eigenvalue weighted by atomic mass is 79.9. The average molecular weight is 475 g/mol. The molecule has 2 amide bonds. The molecule has 134 valence electrons. The third kappa shape index (κ3) is 4.92. The summed E-state index contributed by atoms with van der Waals surface area (Å²) in [5.41, 5.74) is 1.48. The van der Waals surface area contributed by atoms with Crippen molar-refractivity contribution in [2.45, 2.75) is 6.54 Å². The second kappa shape index (κ2) is 8.31. The standard InChI is InChI=1S/C17H12BrCl3N4O/c18-14-9-25(8-10-1-2-12(20)7-15(10)21)24-16(14)23-17(26)22-13-5-3-11(19)4-6-13/h1-7,9H,8H2,(H2,22,23,24,26). The Morgan fingerprint density at radius 1 is 1.04 bits per heavy atom. The van der Waals surface area contributed by atoms with Crippen LogP contribution in [0.4, 0.5) is 16.3 Å². The molecular weight excluding hydrogens is 462 g/mol. The van der Waals surface area contributed by atoms with E-state index in [9.17, 15) is 4.79 Å². The molecule has 0 bridgehead atoms. The van der Waals surface area contributed by atoms with E-state index in [2.05, 4.69) is 31.7 Å². The first-order valence-electron chi connectivity index (χ1n) is 7.41. The van der Waals surface area contributed by atoms with Crippen LogP contribution in [0.25, 0.3) is 0 Å². The molecule has 0 unspecified atom stereocenters. The van der Waals surface area contributed by atoms with Crippen LogP contribution in [0.15, 0.2) is 53.1 Å². The zero-order valence-electron chi connectivity index (χ0n) is 13.1. The topological polar surface area (TPSA) is 59.0 Å². The van der Waals surface area contributed by atoms with Crippen LogP contribution in [-0.4, -0.2) is 15.8 Å². The summed E-state index contributed by atoms with van der Waals surface area (Å²) in [6.07, 6.45) is 1.75. The van der Waals surface area contributed by atoms with Crippen LogP contribution in [0.2, 0.25) is 15.1 Å². The maximum atomic E-state index is 12.1. The number of carbonyl (C=O) groups is 1. The smallest absolute Gasteiger partial charge is 0.308 e. The Labute approximate surface area is 173 Å². The highest BCUT2D eigenvalue weighted by molar-refractivity contribution is 9.10. The molecule has 1 heterocycles. The zero-order valence-corrected chi connectivity index (χ0v) is 17.0. The second-order valence-electron chi connectivity index (χ2n) is 5.34. The molecule has 2 aromatic carbocycles. The number of aromatic nitrogens is 2. The van der Waals surface area contributed by atoms with Gasteiger partial charge in [0, 0.05) is 27.0 Å². The number of hydrogen-bond donors (Lipinski definition) is 2. The molecule has 0 atom stereocenters. The van der Waals surface area contributed by atoms with Gasteiger partial charge in [0.1, 0.15) is 0 Å². The van der Waals surface area contributed by atoms with Gasteiger partial charge in [0.2, 0.25) is 0 Å². The Morgan fingerprint density at radius 3 is 2.42 bits per heavy atom. The molecule has 0 radical (unpaired) electrons. The van der Waals surface area contributed by atoms with E-state index >= 15 is 0 Å². The molecule has 9 heteroatoms. The van der Waals surface area contributed by atoms with E-state index in [0.29, 0.717) is 37.6 Å². The van der Waals surface area contributed by atoms with Crippen LogP contribution in [-0.2, 0) is 6.54 Å². The van der Waals surface area contributed by atoms with Crippen LogP contribution < -0.4 is 10.6 Å². The molecule has 3 aromatic rings. The number of nitrogens with zero attached hydrogens (tertiary/aromatic N) is 2. The van der Waals surface area contributed by atoms with Crippen molar-refractivity contribution < 1.29 is 4.79 Å². The van der Waals surface area contributed by atoms with E-state index < -0.39 is 6.03 Å². The van der Waals surface area contributed by atoms with Crippen LogP contribution in [0, 0.1) is 0 Å². The van der Waals surface area contributed by atoms with Crippen molar-refractivity contribution in [2.24, 2.45) is 0 Å². The summed E-state index contributed by atoms with van der Waals surface area (Å²) in [7, 11) is 0. The first kappa shape index (κ1) is 19.0. The minimum atomic E-state index is -0.414. The van der Waals surface area contributed by atoms with Crippen molar-refractivity contribution in [1.29, 1.82) is 0 Å². The van der Waals surface area contributed by atoms with E-state index in [1.165, 1.54) is 0 Å². The highest BCUT2D eigenvalue weighted by Crippen LogP contribution is 2.25. The van der Waals surface area contributed by atoms with E-state index in [1.807, 2.05) is 6.07 Å². The van der Waals surface area contributed by atoms with Gasteiger partial charge in [0.15, 0.2) is 5.82 Å². The quantitative estimate of drug-likeness (QED) is 0.466. The first-order valence-corrected chi connectivity index (χ1v) is 9.34. The number of halogens is 4. The molecule has 0 fully saturated rings. The Hall–Kier alpha value is -1.73. The van der Waals surface area contributed by atoms with Crippen LogP contribution in [0.5, 0.6) is 0 Å². The molecular formula is C17H12BrCl3N4O. The normalized spacial score (nSPS) is 10.6. The van der Waals surface area contributed by atoms with Crippen molar-refractivity contribution >= 4 is 68.3 Å². The highest BCUT2D eigenvalue weighted by Gasteiger charge is 2.12. The Kier molecular flexibility index (Phi) is 6.09. The number of nitrogens with one attached hydrogen (secondary N) is 2. The average Bonchev–Trinajstić information content (AvgIpc) is 2.92. The first-order chi connectivity index (χ1) is 12.4. The zero-order chi connectivity index (χ0) is 18.7.